The predicted molar refractivity (Wildman–Crippen MR) is 88.1 cm³/mol. The highest BCUT2D eigenvalue weighted by Crippen LogP contribution is 2.30. The second-order valence-corrected chi connectivity index (χ2v) is 6.92. The van der Waals surface area contributed by atoms with Crippen LogP contribution in [0.3, 0.4) is 0 Å². The number of nitrogens with one attached hydrogen (secondary N) is 2. The number of halogens is 3. The minimum atomic E-state index is -4.31. The molecule has 0 aliphatic rings. The molecule has 1 aromatic heterocycles. The maximum absolute atomic E-state index is 14.0. The van der Waals surface area contributed by atoms with Crippen LogP contribution in [-0.2, 0) is 10.0 Å². The Labute approximate surface area is 146 Å². The third kappa shape index (κ3) is 3.27. The van der Waals surface area contributed by atoms with Gasteiger partial charge in [0.15, 0.2) is 0 Å². The van der Waals surface area contributed by atoms with Gasteiger partial charge < -0.3 is 4.98 Å². The maximum atomic E-state index is 14.0. The van der Waals surface area contributed by atoms with E-state index in [2.05, 4.69) is 4.98 Å². The number of rotatable bonds is 4. The summed E-state index contributed by atoms with van der Waals surface area (Å²) in [5.74, 6) is -2.72. The van der Waals surface area contributed by atoms with E-state index in [1.165, 1.54) is 30.5 Å². The average molecular weight is 377 g/mol. The van der Waals surface area contributed by atoms with Crippen LogP contribution in [0.25, 0.3) is 11.1 Å². The lowest BCUT2D eigenvalue weighted by Gasteiger charge is -2.10. The fourth-order valence-electron chi connectivity index (χ4n) is 2.36. The van der Waals surface area contributed by atoms with Crippen molar-refractivity contribution in [1.29, 1.82) is 5.26 Å². The zero-order valence-corrected chi connectivity index (χ0v) is 13.7. The van der Waals surface area contributed by atoms with Crippen LogP contribution in [0.15, 0.2) is 53.7 Å². The Hall–Kier alpha value is -3.25. The molecule has 0 saturated heterocycles. The standard InChI is InChI=1S/C17H10F3N3O2S/c18-12-3-1-2-10(4-12)13-8-22-9-17(13)26(24,25)23-16-6-14(19)11(7-21)5-15(16)20/h1-6,8-9,22-23H. The summed E-state index contributed by atoms with van der Waals surface area (Å²) in [6, 6.07) is 7.91. The molecule has 26 heavy (non-hydrogen) atoms. The Morgan fingerprint density at radius 2 is 1.81 bits per heavy atom. The van der Waals surface area contributed by atoms with E-state index < -0.39 is 38.7 Å². The quantitative estimate of drug-likeness (QED) is 0.726. The van der Waals surface area contributed by atoms with Gasteiger partial charge in [0.05, 0.1) is 11.3 Å². The van der Waals surface area contributed by atoms with E-state index in [4.69, 9.17) is 5.26 Å². The van der Waals surface area contributed by atoms with Gasteiger partial charge >= 0.3 is 0 Å². The highest BCUT2D eigenvalue weighted by atomic mass is 32.2. The van der Waals surface area contributed by atoms with E-state index in [1.54, 1.807) is 0 Å². The van der Waals surface area contributed by atoms with Gasteiger partial charge in [0.2, 0.25) is 0 Å². The molecular formula is C17H10F3N3O2S. The first-order valence-electron chi connectivity index (χ1n) is 7.16. The normalized spacial score (nSPS) is 11.2. The van der Waals surface area contributed by atoms with Crippen molar-refractivity contribution < 1.29 is 21.6 Å². The van der Waals surface area contributed by atoms with Crippen molar-refractivity contribution in [2.45, 2.75) is 4.90 Å². The molecule has 1 heterocycles. The zero-order valence-electron chi connectivity index (χ0n) is 12.9. The molecular weight excluding hydrogens is 367 g/mol. The lowest BCUT2D eigenvalue weighted by Crippen LogP contribution is -2.14. The third-order valence-electron chi connectivity index (χ3n) is 3.55. The van der Waals surface area contributed by atoms with E-state index in [9.17, 15) is 21.6 Å². The molecule has 132 valence electrons. The van der Waals surface area contributed by atoms with Crippen LogP contribution < -0.4 is 4.72 Å². The van der Waals surface area contributed by atoms with Crippen molar-refractivity contribution in [2.75, 3.05) is 4.72 Å². The van der Waals surface area contributed by atoms with E-state index in [0.717, 1.165) is 12.3 Å². The van der Waals surface area contributed by atoms with E-state index >= 15 is 0 Å². The molecule has 3 aromatic rings. The smallest absolute Gasteiger partial charge is 0.264 e. The number of hydrogen-bond donors (Lipinski definition) is 2. The fraction of sp³-hybridized carbons (Fsp3) is 0. The van der Waals surface area contributed by atoms with E-state index in [1.807, 2.05) is 4.72 Å². The van der Waals surface area contributed by atoms with Gasteiger partial charge in [-0.2, -0.15) is 5.26 Å². The SMILES string of the molecule is N#Cc1cc(F)c(NS(=O)(=O)c2c[nH]cc2-c2cccc(F)c2)cc1F. The summed E-state index contributed by atoms with van der Waals surface area (Å²) >= 11 is 0. The Morgan fingerprint density at radius 3 is 2.50 bits per heavy atom. The molecule has 2 aromatic carbocycles. The molecule has 0 bridgehead atoms. The molecule has 0 aliphatic carbocycles. The number of aromatic amines is 1. The number of aromatic nitrogens is 1. The van der Waals surface area contributed by atoms with Crippen LogP contribution in [0.4, 0.5) is 18.9 Å². The Balaban J connectivity index is 2.03. The Bertz CT molecular complexity index is 1130. The summed E-state index contributed by atoms with van der Waals surface area (Å²) in [5, 5.41) is 8.67. The van der Waals surface area contributed by atoms with Gasteiger partial charge in [0.1, 0.15) is 28.4 Å². The maximum Gasteiger partial charge on any atom is 0.264 e. The van der Waals surface area contributed by atoms with Gasteiger partial charge in [-0.25, -0.2) is 21.6 Å². The topological polar surface area (TPSA) is 85.8 Å². The van der Waals surface area contributed by atoms with Gasteiger partial charge in [0.25, 0.3) is 10.0 Å². The molecule has 0 amide bonds. The van der Waals surface area contributed by atoms with E-state index in [-0.39, 0.29) is 16.0 Å². The number of hydrogen-bond acceptors (Lipinski definition) is 3. The van der Waals surface area contributed by atoms with E-state index in [0.29, 0.717) is 12.1 Å². The van der Waals surface area contributed by atoms with Gasteiger partial charge in [-0.3, -0.25) is 4.72 Å². The lowest BCUT2D eigenvalue weighted by molar-refractivity contribution is 0.593. The van der Waals surface area contributed by atoms with Crippen molar-refractivity contribution in [3.8, 4) is 17.2 Å². The monoisotopic (exact) mass is 377 g/mol. The molecule has 0 fully saturated rings. The fourth-order valence-corrected chi connectivity index (χ4v) is 3.61. The second kappa shape index (κ2) is 6.57. The highest BCUT2D eigenvalue weighted by Gasteiger charge is 2.23. The number of benzene rings is 2. The second-order valence-electron chi connectivity index (χ2n) is 5.27. The molecule has 3 rings (SSSR count). The molecule has 0 aliphatic heterocycles. The summed E-state index contributed by atoms with van der Waals surface area (Å²) in [6.07, 6.45) is 2.49. The molecule has 0 spiro atoms. The lowest BCUT2D eigenvalue weighted by atomic mass is 10.1. The number of anilines is 1. The molecule has 9 heteroatoms. The summed E-state index contributed by atoms with van der Waals surface area (Å²) in [6.45, 7) is 0. The van der Waals surface area contributed by atoms with Crippen molar-refractivity contribution in [3.05, 3.63) is 71.8 Å². The van der Waals surface area contributed by atoms with Gasteiger partial charge in [0, 0.05) is 24.0 Å². The van der Waals surface area contributed by atoms with Crippen molar-refractivity contribution in [1.82, 2.24) is 4.98 Å². The van der Waals surface area contributed by atoms with Crippen LogP contribution in [0.1, 0.15) is 5.56 Å². The number of sulfonamides is 1. The summed E-state index contributed by atoms with van der Waals surface area (Å²) < 4.78 is 68.1. The molecule has 0 unspecified atom stereocenters. The number of nitrogens with zero attached hydrogens (tertiary/aromatic N) is 1. The van der Waals surface area contributed by atoms with Crippen LogP contribution in [0.2, 0.25) is 0 Å². The molecule has 5 nitrogen and oxygen atoms in total. The minimum Gasteiger partial charge on any atom is -0.366 e. The van der Waals surface area contributed by atoms with Crippen LogP contribution >= 0.6 is 0 Å². The van der Waals surface area contributed by atoms with Gasteiger partial charge in [-0.1, -0.05) is 12.1 Å². The average Bonchev–Trinajstić information content (AvgIpc) is 3.08. The summed E-state index contributed by atoms with van der Waals surface area (Å²) in [5.41, 5.74) is -0.745. The van der Waals surface area contributed by atoms with Crippen LogP contribution in [0, 0.1) is 28.8 Å². The molecule has 2 N–H and O–H groups in total. The molecule has 0 radical (unpaired) electrons. The highest BCUT2D eigenvalue weighted by molar-refractivity contribution is 7.92. The minimum absolute atomic E-state index is 0.159. The number of H-pyrrole nitrogens is 1. The van der Waals surface area contributed by atoms with Crippen molar-refractivity contribution in [2.24, 2.45) is 0 Å². The molecule has 0 saturated carbocycles. The van der Waals surface area contributed by atoms with Crippen LogP contribution in [-0.4, -0.2) is 13.4 Å². The first kappa shape index (κ1) is 17.6. The third-order valence-corrected chi connectivity index (χ3v) is 4.96. The van der Waals surface area contributed by atoms with Crippen molar-refractivity contribution >= 4 is 15.7 Å². The molecule has 0 atom stereocenters. The first-order valence-corrected chi connectivity index (χ1v) is 8.65. The predicted octanol–water partition coefficient (Wildman–Crippen LogP) is 3.77. The summed E-state index contributed by atoms with van der Waals surface area (Å²) in [7, 11) is -4.31. The Kier molecular flexibility index (Phi) is 4.44. The first-order chi connectivity index (χ1) is 12.3. The zero-order chi connectivity index (χ0) is 18.9. The van der Waals surface area contributed by atoms with Gasteiger partial charge in [-0.05, 0) is 23.8 Å². The summed E-state index contributed by atoms with van der Waals surface area (Å²) in [4.78, 5) is 2.33. The van der Waals surface area contributed by atoms with Crippen molar-refractivity contribution in [3.63, 3.8) is 0 Å². The Morgan fingerprint density at radius 1 is 1.04 bits per heavy atom. The largest absolute Gasteiger partial charge is 0.366 e. The van der Waals surface area contributed by atoms with Gasteiger partial charge in [-0.15, -0.1) is 0 Å². The van der Waals surface area contributed by atoms with Crippen LogP contribution in [0.5, 0.6) is 0 Å². The number of nitriles is 1.